The number of carbonyl (C=O) groups is 1. The van der Waals surface area contributed by atoms with Crippen LogP contribution in [0.25, 0.3) is 0 Å². The number of aromatic nitrogens is 2. The minimum Gasteiger partial charge on any atom is -0.364 e. The van der Waals surface area contributed by atoms with E-state index < -0.39 is 19.4 Å². The minimum atomic E-state index is -4.39. The standard InChI is InChI=1S/C6H5F3N2O3/c7-6(8,9)3-13-2-4-10-5(1-12)14-11-4/h1H,2-3H2. The molecule has 1 heterocycles. The summed E-state index contributed by atoms with van der Waals surface area (Å²) in [7, 11) is 0. The second-order valence-electron chi connectivity index (χ2n) is 2.27. The maximum atomic E-state index is 11.6. The Hall–Kier alpha value is -1.44. The summed E-state index contributed by atoms with van der Waals surface area (Å²) in [5.41, 5.74) is 0. The zero-order valence-corrected chi connectivity index (χ0v) is 6.74. The van der Waals surface area contributed by atoms with Gasteiger partial charge in [-0.15, -0.1) is 0 Å². The van der Waals surface area contributed by atoms with Crippen molar-refractivity contribution in [2.24, 2.45) is 0 Å². The Labute approximate surface area is 75.8 Å². The fraction of sp³-hybridized carbons (Fsp3) is 0.500. The first kappa shape index (κ1) is 10.6. The molecule has 0 radical (unpaired) electrons. The average Bonchev–Trinajstić information content (AvgIpc) is 2.50. The lowest BCUT2D eigenvalue weighted by atomic mass is 10.6. The van der Waals surface area contributed by atoms with Crippen molar-refractivity contribution >= 4 is 6.29 Å². The van der Waals surface area contributed by atoms with E-state index in [9.17, 15) is 18.0 Å². The van der Waals surface area contributed by atoms with E-state index in [2.05, 4.69) is 19.4 Å². The fourth-order valence-electron chi connectivity index (χ4n) is 0.632. The lowest BCUT2D eigenvalue weighted by Gasteiger charge is -2.04. The Morgan fingerprint density at radius 3 is 2.71 bits per heavy atom. The van der Waals surface area contributed by atoms with E-state index in [1.54, 1.807) is 0 Å². The lowest BCUT2D eigenvalue weighted by molar-refractivity contribution is -0.177. The molecule has 0 bridgehead atoms. The van der Waals surface area contributed by atoms with Crippen molar-refractivity contribution in [2.75, 3.05) is 6.61 Å². The predicted molar refractivity (Wildman–Crippen MR) is 35.4 cm³/mol. The van der Waals surface area contributed by atoms with Crippen molar-refractivity contribution in [3.63, 3.8) is 0 Å². The van der Waals surface area contributed by atoms with E-state index in [4.69, 9.17) is 0 Å². The molecule has 0 saturated carbocycles. The fourth-order valence-corrected chi connectivity index (χ4v) is 0.632. The summed E-state index contributed by atoms with van der Waals surface area (Å²) in [6, 6.07) is 0. The van der Waals surface area contributed by atoms with Gasteiger partial charge in [-0.05, 0) is 0 Å². The number of alkyl halides is 3. The molecule has 0 saturated heterocycles. The molecule has 1 rings (SSSR count). The Morgan fingerprint density at radius 1 is 1.50 bits per heavy atom. The monoisotopic (exact) mass is 210 g/mol. The number of hydrogen-bond donors (Lipinski definition) is 0. The molecule has 0 atom stereocenters. The highest BCUT2D eigenvalue weighted by atomic mass is 19.4. The molecule has 8 heteroatoms. The van der Waals surface area contributed by atoms with Crippen molar-refractivity contribution in [3.05, 3.63) is 11.7 Å². The molecule has 14 heavy (non-hydrogen) atoms. The minimum absolute atomic E-state index is 0.101. The molecule has 0 fully saturated rings. The summed E-state index contributed by atoms with van der Waals surface area (Å²) in [6.45, 7) is -1.84. The zero-order chi connectivity index (χ0) is 10.6. The van der Waals surface area contributed by atoms with Crippen molar-refractivity contribution in [2.45, 2.75) is 12.8 Å². The van der Waals surface area contributed by atoms with Gasteiger partial charge in [0.1, 0.15) is 13.2 Å². The van der Waals surface area contributed by atoms with Gasteiger partial charge in [-0.2, -0.15) is 18.2 Å². The van der Waals surface area contributed by atoms with Crippen LogP contribution in [-0.2, 0) is 11.3 Å². The Balaban J connectivity index is 2.35. The molecule has 78 valence electrons. The third-order valence-electron chi connectivity index (χ3n) is 1.08. The number of nitrogens with zero attached hydrogens (tertiary/aromatic N) is 2. The molecule has 1 aromatic rings. The van der Waals surface area contributed by atoms with E-state index in [-0.39, 0.29) is 11.7 Å². The van der Waals surface area contributed by atoms with E-state index >= 15 is 0 Å². The normalized spacial score (nSPS) is 11.6. The lowest BCUT2D eigenvalue weighted by Crippen LogP contribution is -2.16. The Kier molecular flexibility index (Phi) is 3.18. The molecule has 0 spiro atoms. The van der Waals surface area contributed by atoms with Gasteiger partial charge in [0.2, 0.25) is 6.29 Å². The Morgan fingerprint density at radius 2 is 2.21 bits per heavy atom. The van der Waals surface area contributed by atoms with Gasteiger partial charge >= 0.3 is 6.18 Å². The second-order valence-corrected chi connectivity index (χ2v) is 2.27. The number of rotatable bonds is 4. The maximum absolute atomic E-state index is 11.6. The summed E-state index contributed by atoms with van der Waals surface area (Å²) in [5.74, 6) is -0.396. The topological polar surface area (TPSA) is 65.2 Å². The highest BCUT2D eigenvalue weighted by Gasteiger charge is 2.27. The second kappa shape index (κ2) is 4.18. The largest absolute Gasteiger partial charge is 0.411 e. The number of halogens is 3. The van der Waals surface area contributed by atoms with Crippen molar-refractivity contribution in [1.29, 1.82) is 0 Å². The van der Waals surface area contributed by atoms with Gasteiger partial charge in [0.15, 0.2) is 5.82 Å². The molecular weight excluding hydrogens is 205 g/mol. The zero-order valence-electron chi connectivity index (χ0n) is 6.74. The summed E-state index contributed by atoms with van der Waals surface area (Å²) < 4.78 is 43.3. The summed E-state index contributed by atoms with van der Waals surface area (Å²) >= 11 is 0. The van der Waals surface area contributed by atoms with Crippen LogP contribution in [0.15, 0.2) is 4.52 Å². The molecule has 0 aliphatic heterocycles. The van der Waals surface area contributed by atoms with Crippen LogP contribution in [0.2, 0.25) is 0 Å². The smallest absolute Gasteiger partial charge is 0.364 e. The van der Waals surface area contributed by atoms with Crippen LogP contribution in [-0.4, -0.2) is 29.2 Å². The number of carbonyl (C=O) groups excluding carboxylic acids is 1. The summed E-state index contributed by atoms with van der Waals surface area (Å²) in [6.07, 6.45) is -4.10. The average molecular weight is 210 g/mol. The van der Waals surface area contributed by atoms with Crippen molar-refractivity contribution < 1.29 is 27.2 Å². The van der Waals surface area contributed by atoms with Crippen LogP contribution in [0.3, 0.4) is 0 Å². The van der Waals surface area contributed by atoms with Crippen LogP contribution in [0.4, 0.5) is 13.2 Å². The quantitative estimate of drug-likeness (QED) is 0.692. The summed E-state index contributed by atoms with van der Waals surface area (Å²) in [4.78, 5) is 13.4. The van der Waals surface area contributed by atoms with Crippen LogP contribution >= 0.6 is 0 Å². The molecule has 0 aliphatic rings. The first-order valence-corrected chi connectivity index (χ1v) is 3.43. The highest BCUT2D eigenvalue weighted by Crippen LogP contribution is 2.14. The van der Waals surface area contributed by atoms with Gasteiger partial charge in [0.25, 0.3) is 5.89 Å². The number of ether oxygens (including phenoxy) is 1. The molecule has 0 N–H and O–H groups in total. The predicted octanol–water partition coefficient (Wildman–Crippen LogP) is 0.961. The molecule has 0 aliphatic carbocycles. The van der Waals surface area contributed by atoms with E-state index in [1.165, 1.54) is 0 Å². The van der Waals surface area contributed by atoms with E-state index in [0.29, 0.717) is 6.29 Å². The van der Waals surface area contributed by atoms with Crippen LogP contribution in [0.1, 0.15) is 16.5 Å². The Bertz CT molecular complexity index is 310. The van der Waals surface area contributed by atoms with Gasteiger partial charge < -0.3 is 9.26 Å². The highest BCUT2D eigenvalue weighted by molar-refractivity contribution is 5.66. The molecule has 0 aromatic carbocycles. The molecule has 1 aromatic heterocycles. The molecule has 5 nitrogen and oxygen atoms in total. The van der Waals surface area contributed by atoms with Crippen LogP contribution in [0, 0.1) is 0 Å². The maximum Gasteiger partial charge on any atom is 0.411 e. The van der Waals surface area contributed by atoms with E-state index in [0.717, 1.165) is 0 Å². The van der Waals surface area contributed by atoms with Gasteiger partial charge in [-0.3, -0.25) is 4.79 Å². The number of hydrogen-bond acceptors (Lipinski definition) is 5. The first-order chi connectivity index (χ1) is 6.51. The SMILES string of the molecule is O=Cc1nc(COCC(F)(F)F)no1. The molecular formula is C6H5F3N2O3. The van der Waals surface area contributed by atoms with Gasteiger partial charge in [-0.1, -0.05) is 5.16 Å². The third kappa shape index (κ3) is 3.52. The number of aldehydes is 1. The first-order valence-electron chi connectivity index (χ1n) is 3.43. The van der Waals surface area contributed by atoms with Crippen LogP contribution in [0.5, 0.6) is 0 Å². The van der Waals surface area contributed by atoms with Crippen molar-refractivity contribution in [3.8, 4) is 0 Å². The van der Waals surface area contributed by atoms with Gasteiger partial charge in [-0.25, -0.2) is 0 Å². The van der Waals surface area contributed by atoms with Crippen molar-refractivity contribution in [1.82, 2.24) is 10.1 Å². The third-order valence-corrected chi connectivity index (χ3v) is 1.08. The van der Waals surface area contributed by atoms with E-state index in [1.807, 2.05) is 0 Å². The molecule has 0 amide bonds. The van der Waals surface area contributed by atoms with Gasteiger partial charge in [0.05, 0.1) is 0 Å². The van der Waals surface area contributed by atoms with Crippen LogP contribution < -0.4 is 0 Å². The molecule has 0 unspecified atom stereocenters. The summed E-state index contributed by atoms with van der Waals surface area (Å²) in [5, 5.41) is 3.20. The van der Waals surface area contributed by atoms with Gasteiger partial charge in [0, 0.05) is 0 Å².